The molecule has 0 spiro atoms. The van der Waals surface area contributed by atoms with E-state index in [9.17, 15) is 20.6 Å². The number of hydrogen-bond donors (Lipinski definition) is 1. The molecular weight excluding hydrogens is 370 g/mol. The molecule has 1 aliphatic carbocycles. The summed E-state index contributed by atoms with van der Waals surface area (Å²) in [5.41, 5.74) is -0.884. The highest BCUT2D eigenvalue weighted by atomic mass is 32.1. The van der Waals surface area contributed by atoms with Crippen LogP contribution in [0.2, 0.25) is 0 Å². The largest absolute Gasteiger partial charge is 0.338 e. The van der Waals surface area contributed by atoms with Gasteiger partial charge < -0.3 is 10.3 Å². The smallest absolute Gasteiger partial charge is 0.228 e. The van der Waals surface area contributed by atoms with E-state index in [1.807, 2.05) is 43.7 Å². The van der Waals surface area contributed by atoms with Crippen molar-refractivity contribution in [2.45, 2.75) is 26.7 Å². The van der Waals surface area contributed by atoms with Gasteiger partial charge in [-0.3, -0.25) is 4.79 Å². The van der Waals surface area contributed by atoms with Gasteiger partial charge in [0, 0.05) is 30.3 Å². The third-order valence-electron chi connectivity index (χ3n) is 5.62. The molecule has 0 radical (unpaired) electrons. The fourth-order valence-electron chi connectivity index (χ4n) is 4.28. The van der Waals surface area contributed by atoms with E-state index in [2.05, 4.69) is 18.2 Å². The topological polar surface area (TPSA) is 116 Å². The Balaban J connectivity index is 2.18. The summed E-state index contributed by atoms with van der Waals surface area (Å²) in [5, 5.41) is 42.0. The van der Waals surface area contributed by atoms with Crippen molar-refractivity contribution >= 4 is 23.0 Å². The number of nitrogens with zero attached hydrogens (tertiary/aromatic N) is 4. The molecule has 142 valence electrons. The molecule has 3 atom stereocenters. The van der Waals surface area contributed by atoms with E-state index in [4.69, 9.17) is 5.41 Å². The molecule has 1 N–H and O–H groups in total. The van der Waals surface area contributed by atoms with E-state index in [0.29, 0.717) is 13.1 Å². The van der Waals surface area contributed by atoms with Crippen molar-refractivity contribution in [1.82, 2.24) is 4.90 Å². The van der Waals surface area contributed by atoms with Gasteiger partial charge >= 0.3 is 0 Å². The molecule has 3 rings (SSSR count). The summed E-state index contributed by atoms with van der Waals surface area (Å²) in [4.78, 5) is 14.6. The highest BCUT2D eigenvalue weighted by Crippen LogP contribution is 2.53. The number of nitrogens with one attached hydrogen (secondary N) is 1. The number of amides is 1. The summed E-state index contributed by atoms with van der Waals surface area (Å²) in [7, 11) is 0. The molecule has 0 bridgehead atoms. The van der Waals surface area contributed by atoms with Crippen molar-refractivity contribution < 1.29 is 4.79 Å². The van der Waals surface area contributed by atoms with Crippen LogP contribution in [0.1, 0.15) is 32.3 Å². The quantitative estimate of drug-likeness (QED) is 0.738. The van der Waals surface area contributed by atoms with Crippen LogP contribution >= 0.6 is 11.3 Å². The normalized spacial score (nSPS) is 26.3. The minimum Gasteiger partial charge on any atom is -0.338 e. The van der Waals surface area contributed by atoms with Crippen LogP contribution in [0.3, 0.4) is 0 Å². The second kappa shape index (κ2) is 6.89. The number of hydrogen-bond acceptors (Lipinski definition) is 6. The molecule has 1 saturated carbocycles. The van der Waals surface area contributed by atoms with Crippen LogP contribution in [0.4, 0.5) is 0 Å². The van der Waals surface area contributed by atoms with Crippen molar-refractivity contribution in [2.75, 3.05) is 13.1 Å². The van der Waals surface area contributed by atoms with Crippen LogP contribution in [0.25, 0.3) is 0 Å². The molecule has 6 nitrogen and oxygen atoms in total. The van der Waals surface area contributed by atoms with Crippen LogP contribution < -0.4 is 0 Å². The Morgan fingerprint density at radius 2 is 2.00 bits per heavy atom. The second-order valence-corrected chi connectivity index (χ2v) is 9.09. The van der Waals surface area contributed by atoms with Gasteiger partial charge in [0.25, 0.3) is 0 Å². The Morgan fingerprint density at radius 3 is 2.50 bits per heavy atom. The lowest BCUT2D eigenvalue weighted by atomic mass is 9.54. The monoisotopic (exact) mass is 391 g/mol. The Kier molecular flexibility index (Phi) is 4.88. The van der Waals surface area contributed by atoms with Crippen molar-refractivity contribution in [3.05, 3.63) is 34.0 Å². The number of carbonyl (C=O) groups is 1. The number of nitriles is 3. The van der Waals surface area contributed by atoms with Crippen LogP contribution in [0.15, 0.2) is 28.5 Å². The van der Waals surface area contributed by atoms with E-state index < -0.39 is 22.7 Å². The van der Waals surface area contributed by atoms with Gasteiger partial charge in [0.2, 0.25) is 5.91 Å². The second-order valence-electron chi connectivity index (χ2n) is 8.31. The summed E-state index contributed by atoms with van der Waals surface area (Å²) >= 11 is 1.46. The highest BCUT2D eigenvalue weighted by Gasteiger charge is 2.58. The lowest BCUT2D eigenvalue weighted by Gasteiger charge is -2.48. The number of rotatable bonds is 1. The lowest BCUT2D eigenvalue weighted by molar-refractivity contribution is -0.139. The molecular formula is C21H21N5OS. The molecule has 1 unspecified atom stereocenters. The fourth-order valence-corrected chi connectivity index (χ4v) is 4.97. The molecule has 1 amide bonds. The first-order valence-corrected chi connectivity index (χ1v) is 9.98. The predicted octanol–water partition coefficient (Wildman–Crippen LogP) is 3.47. The van der Waals surface area contributed by atoms with Gasteiger partial charge in [-0.05, 0) is 28.0 Å². The number of thiophene rings is 1. The summed E-state index contributed by atoms with van der Waals surface area (Å²) in [6.45, 7) is 6.27. The maximum Gasteiger partial charge on any atom is 0.228 e. The van der Waals surface area contributed by atoms with E-state index in [-0.39, 0.29) is 17.5 Å². The first-order valence-electron chi connectivity index (χ1n) is 9.03. The first kappa shape index (κ1) is 19.8. The third-order valence-corrected chi connectivity index (χ3v) is 6.32. The Morgan fingerprint density at radius 1 is 1.32 bits per heavy atom. The van der Waals surface area contributed by atoms with Gasteiger partial charge in [-0.2, -0.15) is 27.1 Å². The average Bonchev–Trinajstić information content (AvgIpc) is 3.19. The summed E-state index contributed by atoms with van der Waals surface area (Å²) < 4.78 is 0. The van der Waals surface area contributed by atoms with Crippen LogP contribution in [-0.4, -0.2) is 29.6 Å². The van der Waals surface area contributed by atoms with Crippen molar-refractivity contribution in [1.29, 1.82) is 21.2 Å². The van der Waals surface area contributed by atoms with Gasteiger partial charge in [-0.15, -0.1) is 0 Å². The van der Waals surface area contributed by atoms with Gasteiger partial charge in [0.05, 0.1) is 23.9 Å². The molecule has 2 heterocycles. The van der Waals surface area contributed by atoms with Gasteiger partial charge in [-0.25, -0.2) is 0 Å². The van der Waals surface area contributed by atoms with Crippen molar-refractivity contribution in [3.63, 3.8) is 0 Å². The molecule has 28 heavy (non-hydrogen) atoms. The zero-order chi connectivity index (χ0) is 20.7. The summed E-state index contributed by atoms with van der Waals surface area (Å²) in [6.07, 6.45) is 1.85. The zero-order valence-electron chi connectivity index (χ0n) is 16.1. The van der Waals surface area contributed by atoms with Crippen LogP contribution in [0, 0.1) is 62.1 Å². The summed E-state index contributed by atoms with van der Waals surface area (Å²) in [6, 6.07) is 8.11. The zero-order valence-corrected chi connectivity index (χ0v) is 16.9. The fraction of sp³-hybridized carbons (Fsp3) is 0.476. The Bertz CT molecular complexity index is 950. The van der Waals surface area contributed by atoms with Crippen molar-refractivity contribution in [2.24, 2.45) is 22.7 Å². The van der Waals surface area contributed by atoms with E-state index in [1.54, 1.807) is 4.90 Å². The van der Waals surface area contributed by atoms with E-state index >= 15 is 0 Å². The van der Waals surface area contributed by atoms with E-state index in [1.165, 1.54) is 11.3 Å². The minimum atomic E-state index is -1.72. The third kappa shape index (κ3) is 2.82. The standard InChI is InChI=1S/C21H21N5OS/c1-20(2,3)19(27)26-6-4-14-15(8-22)18(25)21(11-23,12-24)17(16(14)9-26)13-5-7-28-10-13/h4-5,7,10,15-17,25H,6,9H2,1-3H3/t15?,16-,17-/m0/s1. The molecule has 0 saturated heterocycles. The van der Waals surface area contributed by atoms with Crippen LogP contribution in [0.5, 0.6) is 0 Å². The van der Waals surface area contributed by atoms with Gasteiger partial charge in [0.15, 0.2) is 5.41 Å². The molecule has 1 aliphatic heterocycles. The molecule has 1 fully saturated rings. The molecule has 1 aromatic rings. The van der Waals surface area contributed by atoms with Gasteiger partial charge in [-0.1, -0.05) is 26.8 Å². The molecule has 1 aromatic heterocycles. The Hall–Kier alpha value is -2.95. The van der Waals surface area contributed by atoms with Gasteiger partial charge in [0.1, 0.15) is 5.92 Å². The van der Waals surface area contributed by atoms with Crippen molar-refractivity contribution in [3.8, 4) is 18.2 Å². The molecule has 7 heteroatoms. The average molecular weight is 392 g/mol. The maximum absolute atomic E-state index is 12.9. The number of fused-ring (bicyclic) bond motifs is 1. The van der Waals surface area contributed by atoms with E-state index in [0.717, 1.165) is 11.1 Å². The number of carbonyl (C=O) groups excluding carboxylic acids is 1. The highest BCUT2D eigenvalue weighted by molar-refractivity contribution is 7.08. The summed E-state index contributed by atoms with van der Waals surface area (Å²) in [5.74, 6) is -1.87. The molecule has 0 aromatic carbocycles. The SMILES string of the molecule is CC(C)(C)C(=O)N1CC=C2C(C#N)C(=N)C(C#N)(C#N)[C@@H](c3ccsc3)[C@H]2C1. The predicted molar refractivity (Wildman–Crippen MR) is 105 cm³/mol. The Labute approximate surface area is 168 Å². The maximum atomic E-state index is 12.9. The molecule has 2 aliphatic rings. The first-order chi connectivity index (χ1) is 13.2. The minimum absolute atomic E-state index is 0.0134. The lowest BCUT2D eigenvalue weighted by Crippen LogP contribution is -2.54. The van der Waals surface area contributed by atoms with Crippen LogP contribution in [-0.2, 0) is 4.79 Å².